The molecule has 0 bridgehead atoms. The number of benzene rings is 1. The monoisotopic (exact) mass is 237 g/mol. The molecule has 1 aromatic rings. The SMILES string of the molecule is OC(CNCC(F)F)c1c(F)cccc1F. The molecule has 0 aromatic heterocycles. The standard InChI is InChI=1S/C10H11F4NO/c11-6-2-1-3-7(12)10(6)8(16)4-15-5-9(13)14/h1-3,8-9,15-16H,4-5H2. The molecule has 1 rings (SSSR count). The summed E-state index contributed by atoms with van der Waals surface area (Å²) >= 11 is 0. The lowest BCUT2D eigenvalue weighted by atomic mass is 10.1. The van der Waals surface area contributed by atoms with E-state index < -0.39 is 36.3 Å². The van der Waals surface area contributed by atoms with Gasteiger partial charge in [0.05, 0.1) is 18.2 Å². The van der Waals surface area contributed by atoms with Crippen LogP contribution < -0.4 is 5.32 Å². The summed E-state index contributed by atoms with van der Waals surface area (Å²) in [4.78, 5) is 0. The van der Waals surface area contributed by atoms with Crippen molar-refractivity contribution in [1.82, 2.24) is 5.32 Å². The summed E-state index contributed by atoms with van der Waals surface area (Å²) in [5.41, 5.74) is -0.510. The van der Waals surface area contributed by atoms with Crippen LogP contribution in [0.2, 0.25) is 0 Å². The third-order valence-corrected chi connectivity index (χ3v) is 1.97. The van der Waals surface area contributed by atoms with E-state index >= 15 is 0 Å². The first-order valence-corrected chi connectivity index (χ1v) is 4.63. The Morgan fingerprint density at radius 2 is 1.69 bits per heavy atom. The lowest BCUT2D eigenvalue weighted by Gasteiger charge is -2.13. The smallest absolute Gasteiger partial charge is 0.250 e. The van der Waals surface area contributed by atoms with Gasteiger partial charge in [0.25, 0.3) is 6.43 Å². The Morgan fingerprint density at radius 1 is 1.12 bits per heavy atom. The quantitative estimate of drug-likeness (QED) is 0.766. The summed E-state index contributed by atoms with van der Waals surface area (Å²) in [7, 11) is 0. The third kappa shape index (κ3) is 3.46. The zero-order chi connectivity index (χ0) is 12.1. The number of aliphatic hydroxyl groups is 1. The predicted octanol–water partition coefficient (Wildman–Crippen LogP) is 1.85. The van der Waals surface area contributed by atoms with E-state index in [2.05, 4.69) is 5.32 Å². The van der Waals surface area contributed by atoms with Gasteiger partial charge in [-0.15, -0.1) is 0 Å². The minimum Gasteiger partial charge on any atom is -0.387 e. The van der Waals surface area contributed by atoms with Crippen LogP contribution in [0.4, 0.5) is 17.6 Å². The van der Waals surface area contributed by atoms with Gasteiger partial charge >= 0.3 is 0 Å². The number of halogens is 4. The van der Waals surface area contributed by atoms with Crippen molar-refractivity contribution in [3.63, 3.8) is 0 Å². The maximum Gasteiger partial charge on any atom is 0.250 e. The molecular weight excluding hydrogens is 226 g/mol. The first-order chi connectivity index (χ1) is 7.52. The minimum atomic E-state index is -2.57. The fourth-order valence-corrected chi connectivity index (χ4v) is 1.26. The number of aliphatic hydroxyl groups excluding tert-OH is 1. The first-order valence-electron chi connectivity index (χ1n) is 4.63. The molecule has 2 nitrogen and oxygen atoms in total. The second kappa shape index (κ2) is 5.81. The van der Waals surface area contributed by atoms with Crippen molar-refractivity contribution >= 4 is 0 Å². The van der Waals surface area contributed by atoms with Crippen LogP contribution in [-0.2, 0) is 0 Å². The normalized spacial score (nSPS) is 13.1. The fourth-order valence-electron chi connectivity index (χ4n) is 1.26. The lowest BCUT2D eigenvalue weighted by molar-refractivity contribution is 0.126. The molecule has 0 fully saturated rings. The summed E-state index contributed by atoms with van der Waals surface area (Å²) in [5, 5.41) is 11.6. The highest BCUT2D eigenvalue weighted by molar-refractivity contribution is 5.22. The van der Waals surface area contributed by atoms with Crippen LogP contribution in [0.3, 0.4) is 0 Å². The van der Waals surface area contributed by atoms with Crippen LogP contribution in [0.5, 0.6) is 0 Å². The molecule has 0 aliphatic heterocycles. The Hall–Kier alpha value is -1.14. The van der Waals surface area contributed by atoms with Gasteiger partial charge in [0.2, 0.25) is 0 Å². The highest BCUT2D eigenvalue weighted by Crippen LogP contribution is 2.19. The molecule has 0 radical (unpaired) electrons. The average Bonchev–Trinajstić information content (AvgIpc) is 2.16. The van der Waals surface area contributed by atoms with Crippen LogP contribution in [0.1, 0.15) is 11.7 Å². The van der Waals surface area contributed by atoms with Crippen molar-refractivity contribution in [2.45, 2.75) is 12.5 Å². The summed E-state index contributed by atoms with van der Waals surface area (Å²) < 4.78 is 49.7. The van der Waals surface area contributed by atoms with Crippen LogP contribution in [0, 0.1) is 11.6 Å². The minimum absolute atomic E-state index is 0.331. The van der Waals surface area contributed by atoms with E-state index in [1.807, 2.05) is 0 Å². The second-order valence-corrected chi connectivity index (χ2v) is 3.20. The molecule has 0 saturated carbocycles. The van der Waals surface area contributed by atoms with Gasteiger partial charge in [-0.2, -0.15) is 0 Å². The van der Waals surface area contributed by atoms with Crippen molar-refractivity contribution in [3.8, 4) is 0 Å². The zero-order valence-corrected chi connectivity index (χ0v) is 8.26. The fraction of sp³-hybridized carbons (Fsp3) is 0.400. The molecule has 0 aliphatic carbocycles. The van der Waals surface area contributed by atoms with Gasteiger partial charge in [-0.3, -0.25) is 0 Å². The van der Waals surface area contributed by atoms with Crippen molar-refractivity contribution in [3.05, 3.63) is 35.4 Å². The average molecular weight is 237 g/mol. The van der Waals surface area contributed by atoms with E-state index in [1.165, 1.54) is 0 Å². The maximum atomic E-state index is 13.1. The van der Waals surface area contributed by atoms with E-state index in [9.17, 15) is 22.7 Å². The summed E-state index contributed by atoms with van der Waals surface area (Å²) in [6.45, 7) is -0.963. The second-order valence-electron chi connectivity index (χ2n) is 3.20. The molecule has 2 N–H and O–H groups in total. The molecule has 0 spiro atoms. The van der Waals surface area contributed by atoms with Crippen molar-refractivity contribution in [2.75, 3.05) is 13.1 Å². The molecular formula is C10H11F4NO. The van der Waals surface area contributed by atoms with E-state index in [-0.39, 0.29) is 6.54 Å². The number of hydrogen-bond donors (Lipinski definition) is 2. The van der Waals surface area contributed by atoms with Gasteiger partial charge in [-0.05, 0) is 12.1 Å². The van der Waals surface area contributed by atoms with E-state index in [0.29, 0.717) is 0 Å². The molecule has 0 heterocycles. The largest absolute Gasteiger partial charge is 0.387 e. The van der Waals surface area contributed by atoms with Crippen LogP contribution in [0.25, 0.3) is 0 Å². The van der Waals surface area contributed by atoms with E-state index in [0.717, 1.165) is 18.2 Å². The third-order valence-electron chi connectivity index (χ3n) is 1.97. The van der Waals surface area contributed by atoms with Crippen LogP contribution in [0.15, 0.2) is 18.2 Å². The predicted molar refractivity (Wildman–Crippen MR) is 50.2 cm³/mol. The maximum absolute atomic E-state index is 13.1. The Kier molecular flexibility index (Phi) is 4.70. The number of nitrogens with one attached hydrogen (secondary N) is 1. The molecule has 90 valence electrons. The van der Waals surface area contributed by atoms with Crippen molar-refractivity contribution < 1.29 is 22.7 Å². The van der Waals surface area contributed by atoms with Gasteiger partial charge < -0.3 is 10.4 Å². The van der Waals surface area contributed by atoms with Gasteiger partial charge in [0.1, 0.15) is 11.6 Å². The highest BCUT2D eigenvalue weighted by atomic mass is 19.3. The first kappa shape index (κ1) is 12.9. The molecule has 1 atom stereocenters. The Bertz CT molecular complexity index is 325. The van der Waals surface area contributed by atoms with Crippen molar-refractivity contribution in [2.24, 2.45) is 0 Å². The van der Waals surface area contributed by atoms with Crippen LogP contribution >= 0.6 is 0 Å². The Balaban J connectivity index is 2.62. The van der Waals surface area contributed by atoms with Gasteiger partial charge in [-0.25, -0.2) is 17.6 Å². The number of alkyl halides is 2. The highest BCUT2D eigenvalue weighted by Gasteiger charge is 2.17. The molecule has 6 heteroatoms. The van der Waals surface area contributed by atoms with Crippen molar-refractivity contribution in [1.29, 1.82) is 0 Å². The van der Waals surface area contributed by atoms with Gasteiger partial charge in [0.15, 0.2) is 0 Å². The Labute approximate surface area is 89.9 Å². The zero-order valence-electron chi connectivity index (χ0n) is 8.26. The summed E-state index contributed by atoms with van der Waals surface area (Å²) in [6, 6.07) is 3.15. The topological polar surface area (TPSA) is 32.3 Å². The lowest BCUT2D eigenvalue weighted by Crippen LogP contribution is -2.27. The van der Waals surface area contributed by atoms with E-state index in [1.54, 1.807) is 0 Å². The van der Waals surface area contributed by atoms with Gasteiger partial charge in [-0.1, -0.05) is 6.07 Å². The van der Waals surface area contributed by atoms with Gasteiger partial charge in [0, 0.05) is 6.54 Å². The Morgan fingerprint density at radius 3 is 2.19 bits per heavy atom. The van der Waals surface area contributed by atoms with E-state index in [4.69, 9.17) is 0 Å². The molecule has 0 saturated heterocycles. The molecule has 0 amide bonds. The molecule has 0 aliphatic rings. The van der Waals surface area contributed by atoms with Crippen LogP contribution in [-0.4, -0.2) is 24.6 Å². The number of rotatable bonds is 5. The molecule has 16 heavy (non-hydrogen) atoms. The summed E-state index contributed by atoms with van der Waals surface area (Å²) in [6.07, 6.45) is -4.06. The summed E-state index contributed by atoms with van der Waals surface area (Å²) in [5.74, 6) is -1.79. The number of hydrogen-bond acceptors (Lipinski definition) is 2. The molecule has 1 unspecified atom stereocenters. The molecule has 1 aromatic carbocycles.